The van der Waals surface area contributed by atoms with Gasteiger partial charge in [-0.2, -0.15) is 0 Å². The number of anilines is 2. The normalized spacial score (nSPS) is 13.6. The summed E-state index contributed by atoms with van der Waals surface area (Å²) in [4.78, 5) is 31.7. The zero-order valence-electron chi connectivity index (χ0n) is 61.4. The van der Waals surface area contributed by atoms with Crippen molar-refractivity contribution >= 4 is 91.0 Å². The van der Waals surface area contributed by atoms with Gasteiger partial charge >= 0.3 is 6.09 Å². The summed E-state index contributed by atoms with van der Waals surface area (Å²) in [6.07, 6.45) is 12.1. The van der Waals surface area contributed by atoms with Gasteiger partial charge in [-0.1, -0.05) is 114 Å². The molecule has 2 heterocycles. The lowest BCUT2D eigenvalue weighted by Crippen LogP contribution is -2.32. The minimum absolute atomic E-state index is 0.222. The lowest BCUT2D eigenvalue weighted by molar-refractivity contribution is -0.128. The van der Waals surface area contributed by atoms with Crippen LogP contribution in [0.15, 0.2) is 109 Å². The first-order valence-corrected chi connectivity index (χ1v) is 42.2. The van der Waals surface area contributed by atoms with Crippen LogP contribution in [0.4, 0.5) is 16.2 Å². The number of ether oxygens (including phenoxy) is 6. The second-order valence-electron chi connectivity index (χ2n) is 24.4. The minimum atomic E-state index is -0.560. The highest BCUT2D eigenvalue weighted by Gasteiger charge is 2.43. The third-order valence-corrected chi connectivity index (χ3v) is 30.5. The number of alkyl carbamates (subject to hydrolysis) is 1. The summed E-state index contributed by atoms with van der Waals surface area (Å²) >= 11 is 3.34. The van der Waals surface area contributed by atoms with Gasteiger partial charge in [-0.25, -0.2) is 24.9 Å². The van der Waals surface area contributed by atoms with Crippen molar-refractivity contribution in [3.63, 3.8) is 0 Å². The van der Waals surface area contributed by atoms with E-state index in [-0.39, 0.29) is 16.1 Å². The van der Waals surface area contributed by atoms with Crippen LogP contribution < -0.4 is 25.8 Å². The Kier molecular flexibility index (Phi) is 37.5. The number of methoxy groups -OCH3 is 1. The van der Waals surface area contributed by atoms with E-state index in [0.717, 1.165) is 92.0 Å². The molecule has 0 aliphatic heterocycles. The molecule has 13 nitrogen and oxygen atoms in total. The molecule has 0 radical (unpaired) electrons. The molecule has 0 saturated carbocycles. The van der Waals surface area contributed by atoms with Crippen molar-refractivity contribution in [1.29, 1.82) is 0 Å². The van der Waals surface area contributed by atoms with E-state index in [1.54, 1.807) is 29.8 Å². The molecule has 0 bridgehead atoms. The molecule has 1 aliphatic carbocycles. The van der Waals surface area contributed by atoms with Crippen LogP contribution in [0.2, 0.25) is 0 Å². The molecular weight excluding hydrogens is 1310 g/mol. The van der Waals surface area contributed by atoms with Crippen molar-refractivity contribution in [1.82, 2.24) is 16.0 Å². The molecule has 17 heteroatoms. The zero-order chi connectivity index (χ0) is 71.0. The lowest BCUT2D eigenvalue weighted by atomic mass is 9.72. The quantitative estimate of drug-likeness (QED) is 0.0191. The molecule has 7 rings (SSSR count). The molecule has 1 aliphatic rings. The highest BCUT2D eigenvalue weighted by molar-refractivity contribution is 8.34. The van der Waals surface area contributed by atoms with E-state index < -0.39 is 15.4 Å². The van der Waals surface area contributed by atoms with Gasteiger partial charge in [-0.15, -0.1) is 22.7 Å². The second-order valence-corrected chi connectivity index (χ2v) is 35.8. The van der Waals surface area contributed by atoms with E-state index >= 15 is 0 Å². The van der Waals surface area contributed by atoms with Crippen LogP contribution in [0.1, 0.15) is 134 Å². The summed E-state index contributed by atoms with van der Waals surface area (Å²) in [5.41, 5.74) is 10.7. The van der Waals surface area contributed by atoms with Gasteiger partial charge in [0.05, 0.1) is 55.9 Å². The van der Waals surface area contributed by atoms with Crippen LogP contribution in [0.25, 0.3) is 35.4 Å². The maximum Gasteiger partial charge on any atom is 0.407 e. The molecule has 1 unspecified atom stereocenters. The number of hydrogen-bond donors (Lipinski definition) is 3. The van der Waals surface area contributed by atoms with Crippen molar-refractivity contribution < 1.29 is 38.0 Å². The van der Waals surface area contributed by atoms with Crippen LogP contribution in [0.3, 0.4) is 0 Å². The van der Waals surface area contributed by atoms with Crippen molar-refractivity contribution in [2.24, 2.45) is 0 Å². The van der Waals surface area contributed by atoms with E-state index in [2.05, 4.69) is 238 Å². The fraction of sp³-hybridized carbons (Fsp3) is 0.488. The second kappa shape index (κ2) is 45.5. The number of hydrogen-bond acceptors (Lipinski definition) is 14. The number of nitrogens with zero attached hydrogens (tertiary/aromatic N) is 2. The lowest BCUT2D eigenvalue weighted by Gasteiger charge is -2.37. The van der Waals surface area contributed by atoms with Crippen LogP contribution >= 0.6 is 42.7 Å². The third-order valence-electron chi connectivity index (χ3n) is 18.9. The van der Waals surface area contributed by atoms with Gasteiger partial charge in [0.25, 0.3) is 6.47 Å². The minimum Gasteiger partial charge on any atom is -0.466 e. The predicted octanol–water partition coefficient (Wildman–Crippen LogP) is 16.2. The van der Waals surface area contributed by atoms with Crippen LogP contribution in [-0.2, 0) is 38.6 Å². The number of carbonyl (C=O) groups is 2. The average Bonchev–Trinajstić information content (AvgIpc) is 1.57. The fourth-order valence-electron chi connectivity index (χ4n) is 12.4. The number of fused-ring (bicyclic) bond motifs is 3. The predicted molar refractivity (Wildman–Crippen MR) is 430 cm³/mol. The molecule has 2 aromatic heterocycles. The van der Waals surface area contributed by atoms with E-state index in [1.807, 2.05) is 14.1 Å². The number of thiophene rings is 2. The molecule has 99 heavy (non-hydrogen) atoms. The molecule has 0 fully saturated rings. The van der Waals surface area contributed by atoms with E-state index in [1.165, 1.54) is 81.2 Å². The van der Waals surface area contributed by atoms with E-state index in [4.69, 9.17) is 28.4 Å². The summed E-state index contributed by atoms with van der Waals surface area (Å²) in [6, 6.07) is 38.7. The fourth-order valence-corrected chi connectivity index (χ4v) is 19.7. The number of carbonyl (C=O) groups excluding carboxylic acids is 2. The smallest absolute Gasteiger partial charge is 0.407 e. The van der Waals surface area contributed by atoms with Gasteiger partial charge in [0, 0.05) is 84.2 Å². The molecule has 6 aromatic rings. The van der Waals surface area contributed by atoms with Crippen LogP contribution in [0, 0.1) is 23.7 Å². The number of rotatable bonds is 44. The molecule has 540 valence electrons. The Bertz CT molecular complexity index is 3480. The average molecular weight is 1430 g/mol. The van der Waals surface area contributed by atoms with Crippen molar-refractivity contribution in [2.45, 2.75) is 86.5 Å². The van der Waals surface area contributed by atoms with Crippen LogP contribution in [-0.4, -0.2) is 185 Å². The summed E-state index contributed by atoms with van der Waals surface area (Å²) in [5.74, 6) is 24.7. The van der Waals surface area contributed by atoms with Gasteiger partial charge in [0.2, 0.25) is 0 Å². The molecule has 3 N–H and O–H groups in total. The summed E-state index contributed by atoms with van der Waals surface area (Å²) in [6.45, 7) is 28.7. The van der Waals surface area contributed by atoms with Gasteiger partial charge in [-0.05, 0) is 225 Å². The van der Waals surface area contributed by atoms with Gasteiger partial charge in [0.15, 0.2) is 0 Å². The Morgan fingerprint density at radius 3 is 1.41 bits per heavy atom. The first kappa shape index (κ1) is 81.6. The third kappa shape index (κ3) is 26.2. The number of likely N-dealkylation sites (N-methyl/N-ethyl adjacent to an activating group) is 3. The highest BCUT2D eigenvalue weighted by atomic mass is 32.3. The molecular formula is C82H115N5O8S4. The highest BCUT2D eigenvalue weighted by Crippen LogP contribution is 2.54. The Morgan fingerprint density at radius 2 is 0.960 bits per heavy atom. The SMILES string of the molecule is CCN(CCOC=O)c1ccc(/C=C/c2ccc(C#Cc3ccc4c(c3)C(CCOCCNC)(CCOCCOCCOC)c3cc(C#Cc5ccc(/C=C/c6ccc(N(CC)CCOC(=O)NCCCS(CC)(CC)CC)cc6)s5)ccc3-4)s2)cc1.CCS(CC)(CC)CCCNC. The largest absolute Gasteiger partial charge is 0.466 e. The molecule has 0 spiro atoms. The topological polar surface area (TPSA) is 132 Å². The number of nitrogens with one attached hydrogen (secondary N) is 3. The van der Waals surface area contributed by atoms with Crippen LogP contribution in [0.5, 0.6) is 0 Å². The maximum absolute atomic E-state index is 12.5. The maximum atomic E-state index is 12.5. The van der Waals surface area contributed by atoms with Gasteiger partial charge in [-0.3, -0.25) is 4.79 Å². The monoisotopic (exact) mass is 1430 g/mol. The van der Waals surface area contributed by atoms with Crippen molar-refractivity contribution in [3.8, 4) is 34.8 Å². The number of benzene rings is 4. The Balaban J connectivity index is 0.00000117. The molecule has 1 amide bonds. The molecule has 0 saturated heterocycles. The standard InChI is InChI=1S/C72H90N4O8S3.C10H25NS/c1-8-75(42-47-83-56-77)61-24-14-57(15-25-61)18-28-63-32-34-65(85-63)30-20-59-22-36-67-68-37-23-60(55-70(68)72(69(67)54-59,38-44-80-46-41-73-6)39-45-81-51-52-82-50-49-79-7)21-31-66-35-33-64(86-66)29-19-58-16-26-62(27-17-58)76(9-2)43-48-84-71(78)74-40-13-53-87(10-3,11-4)12-5;1-5-12(6-2,7-3)10-8-9-11-4/h14-19,22-29,32-37,54-56,73H,8-13,38-53H2,1-7H3,(H,74,78);11H,5-10H2,1-4H3/b28-18+,29-19+;. The van der Waals surface area contributed by atoms with Crippen molar-refractivity contribution in [2.75, 3.05) is 182 Å². The molecule has 1 atom stereocenters. The first-order chi connectivity index (χ1) is 48.4. The first-order valence-electron chi connectivity index (χ1n) is 35.9. The Hall–Kier alpha value is -6.32. The Labute approximate surface area is 606 Å². The summed E-state index contributed by atoms with van der Waals surface area (Å²) < 4.78 is 34.1. The molecule has 4 aromatic carbocycles. The zero-order valence-corrected chi connectivity index (χ0v) is 64.6. The van der Waals surface area contributed by atoms with Gasteiger partial charge in [0.1, 0.15) is 13.2 Å². The number of amides is 1. The van der Waals surface area contributed by atoms with Gasteiger partial charge < -0.3 is 54.2 Å². The van der Waals surface area contributed by atoms with E-state index in [9.17, 15) is 9.59 Å². The van der Waals surface area contributed by atoms with Crippen molar-refractivity contribution in [3.05, 3.63) is 162 Å². The summed E-state index contributed by atoms with van der Waals surface area (Å²) in [5, 5.41) is 9.40. The summed E-state index contributed by atoms with van der Waals surface area (Å²) in [7, 11) is 4.88. The van der Waals surface area contributed by atoms with E-state index in [0.29, 0.717) is 85.6 Å². The Morgan fingerprint density at radius 1 is 0.505 bits per heavy atom.